The van der Waals surface area contributed by atoms with Gasteiger partial charge in [-0.1, -0.05) is 48.6 Å². The number of rotatable bonds is 5. The second-order valence-corrected chi connectivity index (χ2v) is 5.41. The van der Waals surface area contributed by atoms with Crippen LogP contribution in [-0.2, 0) is 9.53 Å². The van der Waals surface area contributed by atoms with Crippen molar-refractivity contribution in [2.75, 3.05) is 12.4 Å². The smallest absolute Gasteiger partial charge is 0.349 e. The molecule has 1 aromatic carbocycles. The van der Waals surface area contributed by atoms with Gasteiger partial charge in [0, 0.05) is 0 Å². The fraction of sp³-hybridized carbons (Fsp3) is 0.267. The molecule has 1 heterocycles. The number of amides is 1. The molecule has 0 aliphatic rings. The topological polar surface area (TPSA) is 68.3 Å². The summed E-state index contributed by atoms with van der Waals surface area (Å²) in [5.41, 5.74) is 0.960. The largest absolute Gasteiger partial charge is 0.465 e. The Morgan fingerprint density at radius 3 is 2.67 bits per heavy atom. The Morgan fingerprint density at radius 2 is 2.05 bits per heavy atom. The summed E-state index contributed by atoms with van der Waals surface area (Å²) in [4.78, 5) is 28.1. The van der Waals surface area contributed by atoms with Crippen molar-refractivity contribution in [1.82, 2.24) is 4.98 Å². The number of thiazole rings is 1. The van der Waals surface area contributed by atoms with Crippen LogP contribution in [0.4, 0.5) is 5.13 Å². The average Bonchev–Trinajstić information content (AvgIpc) is 2.96. The number of anilines is 1. The fourth-order valence-electron chi connectivity index (χ4n) is 1.98. The number of esters is 1. The van der Waals surface area contributed by atoms with Crippen molar-refractivity contribution in [2.45, 2.75) is 19.3 Å². The van der Waals surface area contributed by atoms with E-state index in [0.717, 1.165) is 16.9 Å². The van der Waals surface area contributed by atoms with Gasteiger partial charge in [0.25, 0.3) is 0 Å². The summed E-state index contributed by atoms with van der Waals surface area (Å²) in [5, 5.41) is 3.15. The number of aromatic nitrogens is 1. The van der Waals surface area contributed by atoms with Crippen LogP contribution >= 0.6 is 11.3 Å². The highest BCUT2D eigenvalue weighted by Gasteiger charge is 2.20. The molecule has 1 N–H and O–H groups in total. The molecule has 0 radical (unpaired) electrons. The molecule has 21 heavy (non-hydrogen) atoms. The molecule has 0 spiro atoms. The fourth-order valence-corrected chi connectivity index (χ4v) is 2.71. The SMILES string of the molecule is CC[C@H](C(=O)Nc1ncc(C(=O)OC)s1)c1ccccc1. The zero-order valence-corrected chi connectivity index (χ0v) is 12.6. The van der Waals surface area contributed by atoms with Crippen LogP contribution in [0.5, 0.6) is 0 Å². The molecule has 5 nitrogen and oxygen atoms in total. The molecule has 1 aromatic heterocycles. The van der Waals surface area contributed by atoms with Gasteiger partial charge in [0.1, 0.15) is 4.88 Å². The zero-order valence-electron chi connectivity index (χ0n) is 11.8. The standard InChI is InChI=1S/C15H16N2O3S/c1-3-11(10-7-5-4-6-8-10)13(18)17-15-16-9-12(21-15)14(19)20-2/h4-9,11H,3H2,1-2H3,(H,16,17,18)/t11-/m0/s1. The Morgan fingerprint density at radius 1 is 1.33 bits per heavy atom. The first-order valence-electron chi connectivity index (χ1n) is 6.55. The number of hydrogen-bond acceptors (Lipinski definition) is 5. The summed E-state index contributed by atoms with van der Waals surface area (Å²) in [6.07, 6.45) is 2.08. The number of carbonyl (C=O) groups excluding carboxylic acids is 2. The lowest BCUT2D eigenvalue weighted by Crippen LogP contribution is -2.20. The second kappa shape index (κ2) is 6.99. The van der Waals surface area contributed by atoms with E-state index in [4.69, 9.17) is 0 Å². The molecule has 0 bridgehead atoms. The quantitative estimate of drug-likeness (QED) is 0.862. The van der Waals surface area contributed by atoms with Gasteiger partial charge >= 0.3 is 5.97 Å². The lowest BCUT2D eigenvalue weighted by Gasteiger charge is -2.13. The Hall–Kier alpha value is -2.21. The number of benzene rings is 1. The third kappa shape index (κ3) is 3.66. The minimum absolute atomic E-state index is 0.130. The molecule has 0 saturated carbocycles. The van der Waals surface area contributed by atoms with E-state index in [0.29, 0.717) is 16.4 Å². The molecular formula is C15H16N2O3S. The van der Waals surface area contributed by atoms with Crippen LogP contribution in [0.15, 0.2) is 36.5 Å². The molecule has 1 amide bonds. The van der Waals surface area contributed by atoms with E-state index in [-0.39, 0.29) is 11.8 Å². The summed E-state index contributed by atoms with van der Waals surface area (Å²) < 4.78 is 4.61. The molecule has 0 saturated heterocycles. The van der Waals surface area contributed by atoms with Crippen LogP contribution in [0.1, 0.15) is 34.5 Å². The molecule has 2 aromatic rings. The molecule has 6 heteroatoms. The Kier molecular flexibility index (Phi) is 5.05. The van der Waals surface area contributed by atoms with Crippen molar-refractivity contribution in [1.29, 1.82) is 0 Å². The van der Waals surface area contributed by atoms with Crippen molar-refractivity contribution >= 4 is 28.3 Å². The van der Waals surface area contributed by atoms with E-state index in [2.05, 4.69) is 15.0 Å². The number of carbonyl (C=O) groups is 2. The van der Waals surface area contributed by atoms with Crippen LogP contribution in [0, 0.1) is 0 Å². The molecule has 0 aliphatic heterocycles. The molecule has 1 atom stereocenters. The van der Waals surface area contributed by atoms with E-state index in [1.165, 1.54) is 13.3 Å². The highest BCUT2D eigenvalue weighted by molar-refractivity contribution is 7.17. The average molecular weight is 304 g/mol. The van der Waals surface area contributed by atoms with Gasteiger partial charge in [0.15, 0.2) is 5.13 Å². The molecule has 0 unspecified atom stereocenters. The Labute approximate surface area is 127 Å². The molecule has 110 valence electrons. The Bertz CT molecular complexity index is 625. The number of methoxy groups -OCH3 is 1. The number of nitrogens with one attached hydrogen (secondary N) is 1. The lowest BCUT2D eigenvalue weighted by atomic mass is 9.96. The maximum atomic E-state index is 12.3. The first kappa shape index (κ1) is 15.2. The minimum atomic E-state index is -0.455. The van der Waals surface area contributed by atoms with Gasteiger partial charge in [-0.15, -0.1) is 0 Å². The maximum Gasteiger partial charge on any atom is 0.349 e. The predicted octanol–water partition coefficient (Wildman–Crippen LogP) is 3.06. The second-order valence-electron chi connectivity index (χ2n) is 4.38. The number of nitrogens with zero attached hydrogens (tertiary/aromatic N) is 1. The van der Waals surface area contributed by atoms with Crippen LogP contribution in [0.3, 0.4) is 0 Å². The lowest BCUT2D eigenvalue weighted by molar-refractivity contribution is -0.117. The van der Waals surface area contributed by atoms with Crippen molar-refractivity contribution < 1.29 is 14.3 Å². The molecule has 0 fully saturated rings. The van der Waals surface area contributed by atoms with Crippen molar-refractivity contribution in [3.05, 3.63) is 47.0 Å². The highest BCUT2D eigenvalue weighted by Crippen LogP contribution is 2.24. The molecule has 0 aliphatic carbocycles. The van der Waals surface area contributed by atoms with E-state index in [1.807, 2.05) is 37.3 Å². The third-order valence-corrected chi connectivity index (χ3v) is 3.94. The van der Waals surface area contributed by atoms with Gasteiger partial charge in [0.2, 0.25) is 5.91 Å². The van der Waals surface area contributed by atoms with Gasteiger partial charge in [-0.05, 0) is 12.0 Å². The first-order chi connectivity index (χ1) is 10.2. The van der Waals surface area contributed by atoms with Crippen LogP contribution in [-0.4, -0.2) is 24.0 Å². The van der Waals surface area contributed by atoms with Crippen LogP contribution < -0.4 is 5.32 Å². The normalized spacial score (nSPS) is 11.7. The van der Waals surface area contributed by atoms with Crippen LogP contribution in [0.2, 0.25) is 0 Å². The van der Waals surface area contributed by atoms with E-state index in [9.17, 15) is 9.59 Å². The van der Waals surface area contributed by atoms with Crippen molar-refractivity contribution in [2.24, 2.45) is 0 Å². The van der Waals surface area contributed by atoms with Gasteiger partial charge in [0.05, 0.1) is 19.2 Å². The monoisotopic (exact) mass is 304 g/mol. The van der Waals surface area contributed by atoms with Crippen molar-refractivity contribution in [3.63, 3.8) is 0 Å². The summed E-state index contributed by atoms with van der Waals surface area (Å²) >= 11 is 1.10. The van der Waals surface area contributed by atoms with Crippen molar-refractivity contribution in [3.8, 4) is 0 Å². The van der Waals surface area contributed by atoms with Gasteiger partial charge in [-0.3, -0.25) is 4.79 Å². The zero-order chi connectivity index (χ0) is 15.2. The minimum Gasteiger partial charge on any atom is -0.465 e. The highest BCUT2D eigenvalue weighted by atomic mass is 32.1. The van der Waals surface area contributed by atoms with Gasteiger partial charge in [-0.25, -0.2) is 9.78 Å². The van der Waals surface area contributed by atoms with E-state index in [1.54, 1.807) is 0 Å². The summed E-state index contributed by atoms with van der Waals surface area (Å²) in [5.74, 6) is -0.825. The van der Waals surface area contributed by atoms with Crippen LogP contribution in [0.25, 0.3) is 0 Å². The number of ether oxygens (including phenoxy) is 1. The maximum absolute atomic E-state index is 12.3. The predicted molar refractivity (Wildman–Crippen MR) is 81.6 cm³/mol. The van der Waals surface area contributed by atoms with Gasteiger partial charge in [-0.2, -0.15) is 0 Å². The summed E-state index contributed by atoms with van der Waals surface area (Å²) in [7, 11) is 1.31. The van der Waals surface area contributed by atoms with Gasteiger partial charge < -0.3 is 10.1 Å². The summed E-state index contributed by atoms with van der Waals surface area (Å²) in [6, 6.07) is 9.58. The Balaban J connectivity index is 2.09. The summed E-state index contributed by atoms with van der Waals surface area (Å²) in [6.45, 7) is 1.96. The number of hydrogen-bond donors (Lipinski definition) is 1. The first-order valence-corrected chi connectivity index (χ1v) is 7.37. The van der Waals surface area contributed by atoms with E-state index >= 15 is 0 Å². The molecule has 2 rings (SSSR count). The molecular weight excluding hydrogens is 288 g/mol. The van der Waals surface area contributed by atoms with E-state index < -0.39 is 5.97 Å². The third-order valence-electron chi connectivity index (χ3n) is 3.05.